The maximum absolute atomic E-state index is 3.74. The quantitative estimate of drug-likeness (QED) is 0.726. The maximum Gasteiger partial charge on any atom is 0.0333 e. The van der Waals surface area contributed by atoms with Gasteiger partial charge in [0.15, 0.2) is 0 Å². The maximum atomic E-state index is 3.74. The lowest BCUT2D eigenvalue weighted by molar-refractivity contribution is 0.394. The number of nitrogens with one attached hydrogen (secondary N) is 1. The highest BCUT2D eigenvalue weighted by atomic mass is 79.9. The molecule has 0 aromatic heterocycles. The van der Waals surface area contributed by atoms with Crippen molar-refractivity contribution in [2.45, 2.75) is 53.0 Å². The Morgan fingerprint density at radius 3 is 2.61 bits per heavy atom. The molecule has 0 aliphatic rings. The fraction of sp³-hybridized carbons (Fsp3) is 0.625. The highest BCUT2D eigenvalue weighted by Crippen LogP contribution is 2.31. The van der Waals surface area contributed by atoms with Gasteiger partial charge in [-0.2, -0.15) is 0 Å². The molecule has 2 unspecified atom stereocenters. The summed E-state index contributed by atoms with van der Waals surface area (Å²) in [6, 6.07) is 7.02. The largest absolute Gasteiger partial charge is 0.310 e. The Labute approximate surface area is 120 Å². The van der Waals surface area contributed by atoms with E-state index in [4.69, 9.17) is 0 Å². The SMILES string of the molecule is CCCC(C)CC(NCC)c1cccc(C)c1Br. The first kappa shape index (κ1) is 15.7. The molecule has 0 saturated carbocycles. The van der Waals surface area contributed by atoms with Crippen molar-refractivity contribution in [3.8, 4) is 0 Å². The molecule has 18 heavy (non-hydrogen) atoms. The van der Waals surface area contributed by atoms with E-state index in [0.29, 0.717) is 6.04 Å². The van der Waals surface area contributed by atoms with Crippen LogP contribution in [0.1, 0.15) is 57.2 Å². The van der Waals surface area contributed by atoms with Gasteiger partial charge in [0.25, 0.3) is 0 Å². The predicted octanol–water partition coefficient (Wildman–Crippen LogP) is 5.23. The van der Waals surface area contributed by atoms with Crippen molar-refractivity contribution in [2.75, 3.05) is 6.54 Å². The normalized spacial score (nSPS) is 14.5. The van der Waals surface area contributed by atoms with Crippen molar-refractivity contribution < 1.29 is 0 Å². The van der Waals surface area contributed by atoms with Crippen LogP contribution in [-0.2, 0) is 0 Å². The van der Waals surface area contributed by atoms with Crippen LogP contribution in [0.4, 0.5) is 0 Å². The minimum Gasteiger partial charge on any atom is -0.310 e. The molecule has 0 bridgehead atoms. The second-order valence-corrected chi connectivity index (χ2v) is 6.01. The lowest BCUT2D eigenvalue weighted by atomic mass is 9.92. The molecule has 1 nitrogen and oxygen atoms in total. The lowest BCUT2D eigenvalue weighted by Crippen LogP contribution is -2.23. The smallest absolute Gasteiger partial charge is 0.0333 e. The summed E-state index contributed by atoms with van der Waals surface area (Å²) in [6.07, 6.45) is 3.80. The third-order valence-corrected chi connectivity index (χ3v) is 4.55. The zero-order valence-electron chi connectivity index (χ0n) is 12.1. The molecule has 1 aromatic rings. The standard InChI is InChI=1S/C16H26BrN/c1-5-8-12(3)11-15(18-6-2)14-10-7-9-13(4)16(14)17/h7,9-10,12,15,18H,5-6,8,11H2,1-4H3. The van der Waals surface area contributed by atoms with Gasteiger partial charge in [0.2, 0.25) is 0 Å². The number of aryl methyl sites for hydroxylation is 1. The highest BCUT2D eigenvalue weighted by Gasteiger charge is 2.17. The van der Waals surface area contributed by atoms with Crippen LogP contribution in [0.3, 0.4) is 0 Å². The van der Waals surface area contributed by atoms with Crippen LogP contribution >= 0.6 is 15.9 Å². The van der Waals surface area contributed by atoms with Crippen molar-refractivity contribution in [2.24, 2.45) is 5.92 Å². The van der Waals surface area contributed by atoms with Crippen LogP contribution in [0.25, 0.3) is 0 Å². The van der Waals surface area contributed by atoms with Gasteiger partial charge in [-0.1, -0.05) is 67.7 Å². The average Bonchev–Trinajstić information content (AvgIpc) is 2.32. The van der Waals surface area contributed by atoms with Crippen LogP contribution in [0, 0.1) is 12.8 Å². The third-order valence-electron chi connectivity index (χ3n) is 3.47. The highest BCUT2D eigenvalue weighted by molar-refractivity contribution is 9.10. The molecule has 1 aromatic carbocycles. The summed E-state index contributed by atoms with van der Waals surface area (Å²) < 4.78 is 1.26. The van der Waals surface area contributed by atoms with Gasteiger partial charge in [-0.05, 0) is 36.9 Å². The Bertz CT molecular complexity index is 362. The molecule has 0 saturated heterocycles. The molecular formula is C16H26BrN. The van der Waals surface area contributed by atoms with Crippen LogP contribution in [0.15, 0.2) is 22.7 Å². The minimum atomic E-state index is 0.464. The van der Waals surface area contributed by atoms with Crippen molar-refractivity contribution in [1.29, 1.82) is 0 Å². The molecule has 0 amide bonds. The first-order valence-corrected chi connectivity index (χ1v) is 7.87. The summed E-state index contributed by atoms with van der Waals surface area (Å²) in [7, 11) is 0. The van der Waals surface area contributed by atoms with Gasteiger partial charge < -0.3 is 5.32 Å². The van der Waals surface area contributed by atoms with E-state index in [1.54, 1.807) is 0 Å². The Morgan fingerprint density at radius 1 is 1.28 bits per heavy atom. The second kappa shape index (κ2) is 7.96. The molecule has 102 valence electrons. The Hall–Kier alpha value is -0.340. The van der Waals surface area contributed by atoms with Crippen LogP contribution < -0.4 is 5.32 Å². The first-order valence-electron chi connectivity index (χ1n) is 7.08. The van der Waals surface area contributed by atoms with Crippen molar-refractivity contribution >= 4 is 15.9 Å². The van der Waals surface area contributed by atoms with E-state index in [2.05, 4.69) is 67.1 Å². The van der Waals surface area contributed by atoms with E-state index in [1.807, 2.05) is 0 Å². The van der Waals surface area contributed by atoms with E-state index in [1.165, 1.54) is 34.9 Å². The van der Waals surface area contributed by atoms with E-state index >= 15 is 0 Å². The lowest BCUT2D eigenvalue weighted by Gasteiger charge is -2.23. The van der Waals surface area contributed by atoms with Crippen molar-refractivity contribution in [3.63, 3.8) is 0 Å². The third kappa shape index (κ3) is 4.40. The summed E-state index contributed by atoms with van der Waals surface area (Å²) in [5.74, 6) is 0.770. The van der Waals surface area contributed by atoms with Gasteiger partial charge in [-0.15, -0.1) is 0 Å². The number of benzene rings is 1. The molecule has 0 radical (unpaired) electrons. The summed E-state index contributed by atoms with van der Waals surface area (Å²) in [5.41, 5.74) is 2.72. The van der Waals surface area contributed by atoms with E-state index < -0.39 is 0 Å². The summed E-state index contributed by atoms with van der Waals surface area (Å²) >= 11 is 3.74. The number of hydrogen-bond donors (Lipinski definition) is 1. The molecule has 1 N–H and O–H groups in total. The Kier molecular flexibility index (Phi) is 6.95. The first-order chi connectivity index (χ1) is 8.60. The summed E-state index contributed by atoms with van der Waals surface area (Å²) in [5, 5.41) is 3.63. The van der Waals surface area contributed by atoms with Gasteiger partial charge in [0.05, 0.1) is 0 Å². The number of rotatable bonds is 7. The van der Waals surface area contributed by atoms with Gasteiger partial charge >= 0.3 is 0 Å². The van der Waals surface area contributed by atoms with Crippen LogP contribution in [0.2, 0.25) is 0 Å². The summed E-state index contributed by atoms with van der Waals surface area (Å²) in [6.45, 7) is 9.98. The topological polar surface area (TPSA) is 12.0 Å². The molecule has 0 fully saturated rings. The van der Waals surface area contributed by atoms with E-state index in [-0.39, 0.29) is 0 Å². The predicted molar refractivity (Wildman–Crippen MR) is 84.0 cm³/mol. The molecule has 0 spiro atoms. The zero-order valence-corrected chi connectivity index (χ0v) is 13.7. The molecule has 0 aliphatic carbocycles. The molecule has 0 aliphatic heterocycles. The molecule has 2 atom stereocenters. The zero-order chi connectivity index (χ0) is 13.5. The van der Waals surface area contributed by atoms with E-state index in [0.717, 1.165) is 12.5 Å². The molecule has 2 heteroatoms. The monoisotopic (exact) mass is 311 g/mol. The van der Waals surface area contributed by atoms with Gasteiger partial charge in [-0.25, -0.2) is 0 Å². The van der Waals surface area contributed by atoms with Gasteiger partial charge in [0, 0.05) is 10.5 Å². The molecule has 1 rings (SSSR count). The van der Waals surface area contributed by atoms with Crippen LogP contribution in [0.5, 0.6) is 0 Å². The fourth-order valence-electron chi connectivity index (χ4n) is 2.52. The number of halogens is 1. The molecule has 0 heterocycles. The Morgan fingerprint density at radius 2 is 2.00 bits per heavy atom. The van der Waals surface area contributed by atoms with E-state index in [9.17, 15) is 0 Å². The summed E-state index contributed by atoms with van der Waals surface area (Å²) in [4.78, 5) is 0. The second-order valence-electron chi connectivity index (χ2n) is 5.22. The minimum absolute atomic E-state index is 0.464. The average molecular weight is 312 g/mol. The van der Waals surface area contributed by atoms with Gasteiger partial charge in [-0.3, -0.25) is 0 Å². The van der Waals surface area contributed by atoms with Crippen LogP contribution in [-0.4, -0.2) is 6.54 Å². The number of hydrogen-bond acceptors (Lipinski definition) is 1. The van der Waals surface area contributed by atoms with Crippen molar-refractivity contribution in [1.82, 2.24) is 5.32 Å². The molecular weight excluding hydrogens is 286 g/mol. The Balaban J connectivity index is 2.86. The van der Waals surface area contributed by atoms with Gasteiger partial charge in [0.1, 0.15) is 0 Å². The van der Waals surface area contributed by atoms with Crippen molar-refractivity contribution in [3.05, 3.63) is 33.8 Å². The fourth-order valence-corrected chi connectivity index (χ4v) is 3.06.